The number of aromatic hydroxyl groups is 1. The van der Waals surface area contributed by atoms with Crippen LogP contribution in [0.15, 0.2) is 59.1 Å². The van der Waals surface area contributed by atoms with Crippen LogP contribution in [0, 0.1) is 11.7 Å². The van der Waals surface area contributed by atoms with Crippen molar-refractivity contribution in [1.82, 2.24) is 0 Å². The van der Waals surface area contributed by atoms with Gasteiger partial charge in [0.15, 0.2) is 11.6 Å². The molecular weight excluding hydrogens is 421 g/mol. The summed E-state index contributed by atoms with van der Waals surface area (Å²) < 4.78 is 20.0. The van der Waals surface area contributed by atoms with Crippen LogP contribution in [0.5, 0.6) is 5.75 Å². The topological polar surface area (TPSA) is 95.9 Å². The molecule has 0 aliphatic carbocycles. The number of anilines is 1. The van der Waals surface area contributed by atoms with Crippen molar-refractivity contribution in [3.05, 3.63) is 70.5 Å². The molecule has 0 saturated carbocycles. The summed E-state index contributed by atoms with van der Waals surface area (Å²) in [5.74, 6) is -3.13. The van der Waals surface area contributed by atoms with Crippen molar-refractivity contribution < 1.29 is 28.9 Å². The molecule has 0 bridgehead atoms. The molecule has 2 aromatic carbocycles. The fraction of sp³-hybridized carbons (Fsp3) is 0.158. The Morgan fingerprint density at radius 3 is 2.48 bits per heavy atom. The van der Waals surface area contributed by atoms with Crippen molar-refractivity contribution in [2.45, 2.75) is 13.0 Å². The number of benzene rings is 2. The van der Waals surface area contributed by atoms with Gasteiger partial charge in [-0.2, -0.15) is 0 Å². The lowest BCUT2D eigenvalue weighted by Crippen LogP contribution is -2.21. The summed E-state index contributed by atoms with van der Waals surface area (Å²) in [5, 5.41) is 20.7. The zero-order valence-corrected chi connectivity index (χ0v) is 15.8. The molecule has 2 aromatic rings. The molecule has 1 amide bonds. The van der Waals surface area contributed by atoms with Crippen molar-refractivity contribution in [2.24, 2.45) is 5.92 Å². The third-order valence-corrected chi connectivity index (χ3v) is 4.17. The molecule has 8 heteroatoms. The molecule has 0 radical (unpaired) electrons. The van der Waals surface area contributed by atoms with E-state index in [0.29, 0.717) is 5.69 Å². The average Bonchev–Trinajstić information content (AvgIpc) is 2.62. The molecule has 0 spiro atoms. The van der Waals surface area contributed by atoms with E-state index < -0.39 is 35.7 Å². The number of carbonyl (C=O) groups excluding carboxylic acids is 1. The van der Waals surface area contributed by atoms with Crippen LogP contribution in [-0.4, -0.2) is 22.3 Å². The van der Waals surface area contributed by atoms with E-state index in [1.807, 2.05) is 0 Å². The van der Waals surface area contributed by atoms with E-state index in [4.69, 9.17) is 9.84 Å². The Morgan fingerprint density at radius 2 is 1.89 bits per heavy atom. The molecule has 2 rings (SSSR count). The van der Waals surface area contributed by atoms with Gasteiger partial charge in [0.1, 0.15) is 6.10 Å². The zero-order chi connectivity index (χ0) is 20.0. The van der Waals surface area contributed by atoms with Gasteiger partial charge in [-0.1, -0.05) is 35.0 Å². The van der Waals surface area contributed by atoms with Crippen LogP contribution in [0.1, 0.15) is 18.6 Å². The Hall–Kier alpha value is -2.87. The van der Waals surface area contributed by atoms with Crippen molar-refractivity contribution in [3.8, 4) is 5.75 Å². The van der Waals surface area contributed by atoms with Gasteiger partial charge in [0, 0.05) is 22.2 Å². The molecule has 0 aliphatic heterocycles. The number of halogens is 2. The summed E-state index contributed by atoms with van der Waals surface area (Å²) in [6.07, 6.45) is 0.507. The number of carbonyl (C=O) groups is 2. The number of hydrogen-bond acceptors (Lipinski definition) is 4. The molecule has 0 aromatic heterocycles. The Labute approximate surface area is 163 Å². The molecule has 3 N–H and O–H groups in total. The second-order valence-electron chi connectivity index (χ2n) is 5.73. The van der Waals surface area contributed by atoms with Gasteiger partial charge >= 0.3 is 12.1 Å². The van der Waals surface area contributed by atoms with E-state index in [0.717, 1.165) is 22.7 Å². The highest BCUT2D eigenvalue weighted by Gasteiger charge is 2.23. The fourth-order valence-corrected chi connectivity index (χ4v) is 2.57. The Morgan fingerprint density at radius 1 is 1.22 bits per heavy atom. The molecule has 0 saturated heterocycles. The highest BCUT2D eigenvalue weighted by molar-refractivity contribution is 9.10. The van der Waals surface area contributed by atoms with Gasteiger partial charge in [-0.05, 0) is 42.0 Å². The first-order valence-electron chi connectivity index (χ1n) is 7.89. The first kappa shape index (κ1) is 20.4. The van der Waals surface area contributed by atoms with Gasteiger partial charge in [0.2, 0.25) is 0 Å². The van der Waals surface area contributed by atoms with Gasteiger partial charge < -0.3 is 14.9 Å². The first-order valence-corrected chi connectivity index (χ1v) is 8.68. The number of aliphatic carboxylic acids is 1. The van der Waals surface area contributed by atoms with Crippen molar-refractivity contribution in [1.29, 1.82) is 0 Å². The molecule has 0 fully saturated rings. The van der Waals surface area contributed by atoms with Crippen LogP contribution in [0.25, 0.3) is 0 Å². The number of carboxylic acid groups (broad SMARTS) is 1. The van der Waals surface area contributed by atoms with Gasteiger partial charge in [-0.15, -0.1) is 0 Å². The minimum Gasteiger partial charge on any atom is -0.505 e. The maximum Gasteiger partial charge on any atom is 0.412 e. The van der Waals surface area contributed by atoms with E-state index in [1.54, 1.807) is 31.2 Å². The van der Waals surface area contributed by atoms with Crippen LogP contribution < -0.4 is 5.32 Å². The van der Waals surface area contributed by atoms with E-state index in [2.05, 4.69) is 21.2 Å². The summed E-state index contributed by atoms with van der Waals surface area (Å²) in [7, 11) is 0. The third kappa shape index (κ3) is 6.10. The summed E-state index contributed by atoms with van der Waals surface area (Å²) in [5.41, 5.74) is 0.770. The first-order chi connectivity index (χ1) is 12.8. The number of phenolic OH excluding ortho intramolecular Hbond substituents is 1. The van der Waals surface area contributed by atoms with Crippen LogP contribution >= 0.6 is 15.9 Å². The van der Waals surface area contributed by atoms with E-state index in [-0.39, 0.29) is 5.56 Å². The Balaban J connectivity index is 2.22. The van der Waals surface area contributed by atoms with Crippen molar-refractivity contribution in [3.63, 3.8) is 0 Å². The number of hydrogen-bond donors (Lipinski definition) is 3. The fourth-order valence-electron chi connectivity index (χ4n) is 2.31. The van der Waals surface area contributed by atoms with Crippen LogP contribution in [0.2, 0.25) is 0 Å². The van der Waals surface area contributed by atoms with Crippen LogP contribution in [0.4, 0.5) is 14.9 Å². The van der Waals surface area contributed by atoms with Gasteiger partial charge in [0.05, 0.1) is 0 Å². The largest absolute Gasteiger partial charge is 0.505 e. The minimum atomic E-state index is -1.16. The lowest BCUT2D eigenvalue weighted by atomic mass is 9.96. The minimum absolute atomic E-state index is 0.277. The van der Waals surface area contributed by atoms with Crippen molar-refractivity contribution in [2.75, 3.05) is 5.32 Å². The van der Waals surface area contributed by atoms with Gasteiger partial charge in [0.25, 0.3) is 0 Å². The van der Waals surface area contributed by atoms with Gasteiger partial charge in [-0.25, -0.2) is 14.0 Å². The molecule has 0 aliphatic rings. The van der Waals surface area contributed by atoms with Crippen molar-refractivity contribution >= 4 is 33.7 Å². The lowest BCUT2D eigenvalue weighted by molar-refractivity contribution is -0.131. The molecule has 6 nitrogen and oxygen atoms in total. The third-order valence-electron chi connectivity index (χ3n) is 3.64. The molecule has 142 valence electrons. The highest BCUT2D eigenvalue weighted by Crippen LogP contribution is 2.30. The summed E-state index contributed by atoms with van der Waals surface area (Å²) in [4.78, 5) is 23.0. The molecule has 0 unspecified atom stereocenters. The summed E-state index contributed by atoms with van der Waals surface area (Å²) in [6, 6.07) is 10.4. The zero-order valence-electron chi connectivity index (χ0n) is 14.2. The predicted molar refractivity (Wildman–Crippen MR) is 101 cm³/mol. The monoisotopic (exact) mass is 437 g/mol. The van der Waals surface area contributed by atoms with E-state index in [9.17, 15) is 19.1 Å². The lowest BCUT2D eigenvalue weighted by Gasteiger charge is -2.23. The maximum absolute atomic E-state index is 13.7. The quantitative estimate of drug-likeness (QED) is 0.560. The molecule has 27 heavy (non-hydrogen) atoms. The number of phenols is 1. The number of carboxylic acids is 1. The Kier molecular flexibility index (Phi) is 6.95. The molecule has 2 atom stereocenters. The van der Waals surface area contributed by atoms with E-state index >= 15 is 0 Å². The highest BCUT2D eigenvalue weighted by atomic mass is 79.9. The van der Waals surface area contributed by atoms with Crippen LogP contribution in [-0.2, 0) is 9.53 Å². The van der Waals surface area contributed by atoms with E-state index in [1.165, 1.54) is 12.1 Å². The van der Waals surface area contributed by atoms with Gasteiger partial charge in [-0.3, -0.25) is 5.32 Å². The number of amides is 1. The molecular formula is C19H17BrFNO5. The number of nitrogens with one attached hydrogen (secondary N) is 1. The second kappa shape index (κ2) is 9.18. The predicted octanol–water partition coefficient (Wildman–Crippen LogP) is 4.86. The Bertz CT molecular complexity index is 854. The maximum atomic E-state index is 13.7. The number of rotatable bonds is 6. The summed E-state index contributed by atoms with van der Waals surface area (Å²) >= 11 is 3.29. The number of ether oxygens (including phenoxy) is 1. The molecule has 0 heterocycles. The SMILES string of the molecule is C[C@H](/C=C/C(=O)O)[C@@H](OC(=O)Nc1ccc(Br)cc1)c1ccc(O)c(F)c1. The average molecular weight is 438 g/mol. The normalized spacial score (nSPS) is 13.1. The summed E-state index contributed by atoms with van der Waals surface area (Å²) in [6.45, 7) is 1.63. The standard InChI is InChI=1S/C19H17BrFNO5/c1-11(2-9-17(24)25)18(12-3-8-16(23)15(21)10-12)27-19(26)22-14-6-4-13(20)5-7-14/h2-11,18,23H,1H3,(H,22,26)(H,24,25)/b9-2+/t11-,18-/m1/s1. The smallest absolute Gasteiger partial charge is 0.412 e. The van der Waals surface area contributed by atoms with Crippen LogP contribution in [0.3, 0.4) is 0 Å². The second-order valence-corrected chi connectivity index (χ2v) is 6.64.